The van der Waals surface area contributed by atoms with Crippen molar-refractivity contribution in [3.63, 3.8) is 0 Å². The first-order valence-electron chi connectivity index (χ1n) is 4.76. The maximum absolute atomic E-state index is 5.56. The Morgan fingerprint density at radius 2 is 2.15 bits per heavy atom. The fourth-order valence-corrected chi connectivity index (χ4v) is 2.01. The lowest BCUT2D eigenvalue weighted by molar-refractivity contribution is 0.379. The minimum atomic E-state index is 0.317. The van der Waals surface area contributed by atoms with E-state index in [1.165, 1.54) is 25.7 Å². The number of nitrogens with zero attached hydrogens (tertiary/aromatic N) is 2. The van der Waals surface area contributed by atoms with E-state index in [0.717, 1.165) is 18.2 Å². The lowest BCUT2D eigenvalue weighted by Crippen LogP contribution is -2.00. The molecule has 1 aromatic heterocycles. The van der Waals surface area contributed by atoms with Gasteiger partial charge in [0.2, 0.25) is 5.89 Å². The van der Waals surface area contributed by atoms with Crippen LogP contribution in [0.4, 0.5) is 0 Å². The molecular formula is C9H13ClN2O. The summed E-state index contributed by atoms with van der Waals surface area (Å²) in [4.78, 5) is 4.18. The van der Waals surface area contributed by atoms with Gasteiger partial charge in [-0.05, 0) is 5.92 Å². The highest BCUT2D eigenvalue weighted by atomic mass is 35.5. The van der Waals surface area contributed by atoms with Gasteiger partial charge in [0.1, 0.15) is 5.88 Å². The highest BCUT2D eigenvalue weighted by molar-refractivity contribution is 6.16. The van der Waals surface area contributed by atoms with E-state index in [1.54, 1.807) is 0 Å². The molecule has 1 saturated carbocycles. The van der Waals surface area contributed by atoms with Gasteiger partial charge in [-0.15, -0.1) is 11.6 Å². The van der Waals surface area contributed by atoms with E-state index < -0.39 is 0 Å². The van der Waals surface area contributed by atoms with E-state index in [0.29, 0.717) is 11.8 Å². The Morgan fingerprint density at radius 3 is 2.77 bits per heavy atom. The molecule has 0 aromatic carbocycles. The molecule has 0 spiro atoms. The third-order valence-corrected chi connectivity index (χ3v) is 2.80. The summed E-state index contributed by atoms with van der Waals surface area (Å²) < 4.78 is 4.93. The van der Waals surface area contributed by atoms with Gasteiger partial charge in [-0.2, -0.15) is 4.98 Å². The summed E-state index contributed by atoms with van der Waals surface area (Å²) in [6.45, 7) is 0. The summed E-state index contributed by atoms with van der Waals surface area (Å²) in [5, 5.41) is 3.88. The molecule has 0 unspecified atom stereocenters. The van der Waals surface area contributed by atoms with Gasteiger partial charge in [-0.3, -0.25) is 0 Å². The quantitative estimate of drug-likeness (QED) is 0.704. The summed E-state index contributed by atoms with van der Waals surface area (Å²) >= 11 is 5.56. The lowest BCUT2D eigenvalue weighted by Gasteiger charge is -2.02. The predicted molar refractivity (Wildman–Crippen MR) is 49.5 cm³/mol. The van der Waals surface area contributed by atoms with Gasteiger partial charge in [-0.1, -0.05) is 30.8 Å². The number of aromatic nitrogens is 2. The molecule has 1 aromatic rings. The standard InChI is InChI=1S/C9H13ClN2O/c10-6-9-11-8(12-13-9)5-7-3-1-2-4-7/h7H,1-6H2. The Bertz CT molecular complexity index is 268. The highest BCUT2D eigenvalue weighted by Gasteiger charge is 2.18. The molecule has 0 bridgehead atoms. The van der Waals surface area contributed by atoms with Crippen LogP contribution in [0.2, 0.25) is 0 Å². The van der Waals surface area contributed by atoms with Crippen LogP contribution in [0.3, 0.4) is 0 Å². The molecule has 1 heterocycles. The van der Waals surface area contributed by atoms with E-state index in [1.807, 2.05) is 0 Å². The fraction of sp³-hybridized carbons (Fsp3) is 0.778. The minimum absolute atomic E-state index is 0.317. The second-order valence-electron chi connectivity index (χ2n) is 3.59. The SMILES string of the molecule is ClCc1nc(CC2CCCC2)no1. The van der Waals surface area contributed by atoms with Crippen LogP contribution < -0.4 is 0 Å². The van der Waals surface area contributed by atoms with Gasteiger partial charge in [0.05, 0.1) is 0 Å². The van der Waals surface area contributed by atoms with E-state index in [4.69, 9.17) is 16.1 Å². The van der Waals surface area contributed by atoms with Crippen LogP contribution in [0, 0.1) is 5.92 Å². The number of hydrogen-bond donors (Lipinski definition) is 0. The van der Waals surface area contributed by atoms with Crippen molar-refractivity contribution in [1.82, 2.24) is 10.1 Å². The van der Waals surface area contributed by atoms with Gasteiger partial charge in [0.15, 0.2) is 5.82 Å². The molecule has 1 fully saturated rings. The van der Waals surface area contributed by atoms with Crippen molar-refractivity contribution < 1.29 is 4.52 Å². The predicted octanol–water partition coefficient (Wildman–Crippen LogP) is 2.54. The zero-order valence-corrected chi connectivity index (χ0v) is 8.26. The molecule has 4 heteroatoms. The van der Waals surface area contributed by atoms with Gasteiger partial charge in [-0.25, -0.2) is 0 Å². The largest absolute Gasteiger partial charge is 0.338 e. The molecule has 0 radical (unpaired) electrons. The topological polar surface area (TPSA) is 38.9 Å². The number of alkyl halides is 1. The molecule has 72 valence electrons. The third kappa shape index (κ3) is 2.21. The fourth-order valence-electron chi connectivity index (χ4n) is 1.90. The molecule has 3 nitrogen and oxygen atoms in total. The third-order valence-electron chi connectivity index (χ3n) is 2.57. The van der Waals surface area contributed by atoms with E-state index in [-0.39, 0.29) is 0 Å². The number of rotatable bonds is 3. The van der Waals surface area contributed by atoms with Crippen molar-refractivity contribution in [1.29, 1.82) is 0 Å². The first-order valence-corrected chi connectivity index (χ1v) is 5.29. The average Bonchev–Trinajstić information content (AvgIpc) is 2.76. The Morgan fingerprint density at radius 1 is 1.38 bits per heavy atom. The molecule has 13 heavy (non-hydrogen) atoms. The normalized spacial score (nSPS) is 18.2. The summed E-state index contributed by atoms with van der Waals surface area (Å²) in [6, 6.07) is 0. The summed E-state index contributed by atoms with van der Waals surface area (Å²) in [7, 11) is 0. The molecule has 1 aliphatic rings. The highest BCUT2D eigenvalue weighted by Crippen LogP contribution is 2.27. The monoisotopic (exact) mass is 200 g/mol. The van der Waals surface area contributed by atoms with Crippen molar-refractivity contribution in [3.05, 3.63) is 11.7 Å². The van der Waals surface area contributed by atoms with Crippen molar-refractivity contribution in [2.24, 2.45) is 5.92 Å². The summed E-state index contributed by atoms with van der Waals surface area (Å²) in [5.74, 6) is 2.44. The van der Waals surface area contributed by atoms with Crippen LogP contribution in [0.25, 0.3) is 0 Å². The summed E-state index contributed by atoms with van der Waals surface area (Å²) in [6.07, 6.45) is 6.28. The van der Waals surface area contributed by atoms with Crippen LogP contribution in [0.5, 0.6) is 0 Å². The van der Waals surface area contributed by atoms with Gasteiger partial charge < -0.3 is 4.52 Å². The van der Waals surface area contributed by atoms with Crippen molar-refractivity contribution in [2.75, 3.05) is 0 Å². The maximum atomic E-state index is 5.56. The number of hydrogen-bond acceptors (Lipinski definition) is 3. The van der Waals surface area contributed by atoms with Crippen LogP contribution >= 0.6 is 11.6 Å². The Balaban J connectivity index is 1.92. The Labute approximate surface area is 82.5 Å². The van der Waals surface area contributed by atoms with Crippen molar-refractivity contribution in [3.8, 4) is 0 Å². The molecule has 0 saturated heterocycles. The van der Waals surface area contributed by atoms with Gasteiger partial charge in [0, 0.05) is 6.42 Å². The smallest absolute Gasteiger partial charge is 0.241 e. The summed E-state index contributed by atoms with van der Waals surface area (Å²) in [5.41, 5.74) is 0. The van der Waals surface area contributed by atoms with E-state index in [9.17, 15) is 0 Å². The van der Waals surface area contributed by atoms with Crippen molar-refractivity contribution >= 4 is 11.6 Å². The Hall–Kier alpha value is -0.570. The van der Waals surface area contributed by atoms with Gasteiger partial charge in [0.25, 0.3) is 0 Å². The minimum Gasteiger partial charge on any atom is -0.338 e. The zero-order valence-electron chi connectivity index (χ0n) is 7.50. The molecule has 2 rings (SSSR count). The van der Waals surface area contributed by atoms with Gasteiger partial charge >= 0.3 is 0 Å². The maximum Gasteiger partial charge on any atom is 0.241 e. The molecule has 0 aliphatic heterocycles. The van der Waals surface area contributed by atoms with Crippen LogP contribution in [0.1, 0.15) is 37.4 Å². The average molecular weight is 201 g/mol. The second kappa shape index (κ2) is 4.09. The zero-order chi connectivity index (χ0) is 9.10. The van der Waals surface area contributed by atoms with Crippen molar-refractivity contribution in [2.45, 2.75) is 38.0 Å². The van der Waals surface area contributed by atoms with E-state index in [2.05, 4.69) is 10.1 Å². The molecule has 1 aliphatic carbocycles. The van der Waals surface area contributed by atoms with Crippen LogP contribution in [-0.4, -0.2) is 10.1 Å². The lowest BCUT2D eigenvalue weighted by atomic mass is 10.0. The second-order valence-corrected chi connectivity index (χ2v) is 3.86. The number of halogens is 1. The Kier molecular flexibility index (Phi) is 2.83. The van der Waals surface area contributed by atoms with E-state index >= 15 is 0 Å². The molecule has 0 amide bonds. The first-order chi connectivity index (χ1) is 6.38. The first kappa shape index (κ1) is 9.00. The van der Waals surface area contributed by atoms with Crippen LogP contribution in [-0.2, 0) is 12.3 Å². The van der Waals surface area contributed by atoms with Crippen LogP contribution in [0.15, 0.2) is 4.52 Å². The molecule has 0 N–H and O–H groups in total. The molecule has 0 atom stereocenters. The molecular weight excluding hydrogens is 188 g/mol.